The first-order chi connectivity index (χ1) is 13.6. The van der Waals surface area contributed by atoms with Crippen LogP contribution < -0.4 is 0 Å². The lowest BCUT2D eigenvalue weighted by molar-refractivity contribution is -0.150. The molecule has 0 amide bonds. The van der Waals surface area contributed by atoms with Gasteiger partial charge in [0, 0.05) is 14.0 Å². The molecule has 0 aromatic heterocycles. The van der Waals surface area contributed by atoms with E-state index in [0.717, 1.165) is 18.4 Å². The zero-order chi connectivity index (χ0) is 21.5. The number of esters is 1. The van der Waals surface area contributed by atoms with Crippen LogP contribution in [-0.4, -0.2) is 41.9 Å². The number of carbonyl (C=O) groups excluding carboxylic acids is 1. The average Bonchev–Trinajstić information content (AvgIpc) is 2.62. The highest BCUT2D eigenvalue weighted by Gasteiger charge is 2.38. The first kappa shape index (κ1) is 25.1. The first-order valence-electron chi connectivity index (χ1n) is 12.0. The maximum Gasteiger partial charge on any atom is 0.302 e. The average molecular weight is 443 g/mol. The molecule has 4 unspecified atom stereocenters. The molecule has 29 heavy (non-hydrogen) atoms. The van der Waals surface area contributed by atoms with Gasteiger partial charge in [0.05, 0.1) is 6.10 Å². The molecule has 0 aromatic carbocycles. The van der Waals surface area contributed by atoms with Crippen molar-refractivity contribution in [3.05, 3.63) is 0 Å². The van der Waals surface area contributed by atoms with E-state index < -0.39 is 16.6 Å². The number of rotatable bonds is 10. The van der Waals surface area contributed by atoms with Crippen LogP contribution >= 0.6 is 0 Å². The third kappa shape index (κ3) is 8.84. The van der Waals surface area contributed by atoms with E-state index in [0.29, 0.717) is 12.0 Å². The van der Waals surface area contributed by atoms with Crippen molar-refractivity contribution in [2.75, 3.05) is 7.11 Å². The van der Waals surface area contributed by atoms with Gasteiger partial charge in [0.15, 0.2) is 16.6 Å². The molecule has 0 radical (unpaired) electrons. The lowest BCUT2D eigenvalue weighted by Crippen LogP contribution is -2.47. The van der Waals surface area contributed by atoms with Gasteiger partial charge in [-0.25, -0.2) is 0 Å². The standard InChI is InChI=1S/C23H46O4Si2/c1-19(24)26-23-16-10-8-13-21(23)18-29(5,6)27-28(3,4)17-11-14-20-12-7-9-15-22(20)25-2/h20-23H,7-18H2,1-6H3. The van der Waals surface area contributed by atoms with E-state index in [1.807, 2.05) is 7.11 Å². The summed E-state index contributed by atoms with van der Waals surface area (Å²) in [5.41, 5.74) is 0. The van der Waals surface area contributed by atoms with Gasteiger partial charge < -0.3 is 13.6 Å². The van der Waals surface area contributed by atoms with E-state index in [-0.39, 0.29) is 12.1 Å². The Balaban J connectivity index is 1.82. The molecule has 4 atom stereocenters. The highest BCUT2D eigenvalue weighted by atomic mass is 28.4. The van der Waals surface area contributed by atoms with Crippen molar-refractivity contribution in [3.63, 3.8) is 0 Å². The van der Waals surface area contributed by atoms with Crippen molar-refractivity contribution in [2.24, 2.45) is 11.8 Å². The van der Waals surface area contributed by atoms with E-state index in [1.165, 1.54) is 63.8 Å². The summed E-state index contributed by atoms with van der Waals surface area (Å²) in [7, 11) is -1.58. The molecule has 0 bridgehead atoms. The number of methoxy groups -OCH3 is 1. The van der Waals surface area contributed by atoms with Gasteiger partial charge in [-0.2, -0.15) is 0 Å². The zero-order valence-electron chi connectivity index (χ0n) is 19.9. The van der Waals surface area contributed by atoms with Gasteiger partial charge in [-0.15, -0.1) is 0 Å². The van der Waals surface area contributed by atoms with Gasteiger partial charge in [0.2, 0.25) is 0 Å². The Kier molecular flexibility index (Phi) is 9.90. The van der Waals surface area contributed by atoms with E-state index in [2.05, 4.69) is 26.2 Å². The van der Waals surface area contributed by atoms with Crippen molar-refractivity contribution >= 4 is 22.6 Å². The van der Waals surface area contributed by atoms with E-state index >= 15 is 0 Å². The summed E-state index contributed by atoms with van der Waals surface area (Å²) in [6, 6.07) is 2.37. The van der Waals surface area contributed by atoms with Gasteiger partial charge in [-0.05, 0) is 88.6 Å². The molecular weight excluding hydrogens is 396 g/mol. The molecule has 4 nitrogen and oxygen atoms in total. The Morgan fingerprint density at radius 1 is 0.862 bits per heavy atom. The number of hydrogen-bond acceptors (Lipinski definition) is 4. The van der Waals surface area contributed by atoms with E-state index in [9.17, 15) is 4.79 Å². The molecule has 2 aliphatic rings. The van der Waals surface area contributed by atoms with Crippen molar-refractivity contribution in [2.45, 2.75) is 122 Å². The minimum atomic E-state index is -1.78. The van der Waals surface area contributed by atoms with Gasteiger partial charge >= 0.3 is 5.97 Å². The minimum absolute atomic E-state index is 0.110. The maximum atomic E-state index is 11.5. The molecule has 2 saturated carbocycles. The molecule has 0 aromatic rings. The van der Waals surface area contributed by atoms with Crippen LogP contribution in [0.2, 0.25) is 38.3 Å². The van der Waals surface area contributed by atoms with Crippen LogP contribution in [0.3, 0.4) is 0 Å². The first-order valence-corrected chi connectivity index (χ1v) is 18.3. The molecule has 170 valence electrons. The molecule has 2 aliphatic carbocycles. The molecule has 0 heterocycles. The second-order valence-electron chi connectivity index (χ2n) is 10.7. The van der Waals surface area contributed by atoms with Crippen LogP contribution in [0.5, 0.6) is 0 Å². The highest BCUT2D eigenvalue weighted by Crippen LogP contribution is 2.36. The van der Waals surface area contributed by atoms with Crippen molar-refractivity contribution in [3.8, 4) is 0 Å². The molecular formula is C23H46O4Si2. The van der Waals surface area contributed by atoms with Crippen LogP contribution in [0.4, 0.5) is 0 Å². The van der Waals surface area contributed by atoms with Crippen molar-refractivity contribution < 1.29 is 18.4 Å². The summed E-state index contributed by atoms with van der Waals surface area (Å²) in [4.78, 5) is 11.5. The number of hydrogen-bond donors (Lipinski definition) is 0. The third-order valence-corrected chi connectivity index (χ3v) is 14.4. The fourth-order valence-electron chi connectivity index (χ4n) is 5.85. The van der Waals surface area contributed by atoms with E-state index in [1.54, 1.807) is 6.92 Å². The van der Waals surface area contributed by atoms with Gasteiger partial charge in [-0.3, -0.25) is 4.79 Å². The highest BCUT2D eigenvalue weighted by molar-refractivity contribution is 6.84. The molecule has 2 rings (SSSR count). The summed E-state index contributed by atoms with van der Waals surface area (Å²) in [6.07, 6.45) is 13.1. The lowest BCUT2D eigenvalue weighted by atomic mass is 9.83. The normalized spacial score (nSPS) is 28.9. The molecule has 0 aliphatic heterocycles. The Labute approximate surface area is 181 Å². The number of carbonyl (C=O) groups is 1. The second-order valence-corrected chi connectivity index (χ2v) is 19.5. The predicted molar refractivity (Wildman–Crippen MR) is 125 cm³/mol. The molecule has 2 fully saturated rings. The topological polar surface area (TPSA) is 44.8 Å². The summed E-state index contributed by atoms with van der Waals surface area (Å²) < 4.78 is 18.3. The van der Waals surface area contributed by atoms with Crippen LogP contribution in [0.25, 0.3) is 0 Å². The predicted octanol–water partition coefficient (Wildman–Crippen LogP) is 6.52. The van der Waals surface area contributed by atoms with Crippen molar-refractivity contribution in [1.29, 1.82) is 0 Å². The van der Waals surface area contributed by atoms with Crippen LogP contribution in [-0.2, 0) is 18.4 Å². The fraction of sp³-hybridized carbons (Fsp3) is 0.957. The van der Waals surface area contributed by atoms with Crippen LogP contribution in [0, 0.1) is 11.8 Å². The number of ether oxygens (including phenoxy) is 2. The molecule has 0 N–H and O–H groups in total. The van der Waals surface area contributed by atoms with Crippen molar-refractivity contribution in [1.82, 2.24) is 0 Å². The monoisotopic (exact) mass is 442 g/mol. The summed E-state index contributed by atoms with van der Waals surface area (Å²) in [5.74, 6) is 1.11. The minimum Gasteiger partial charge on any atom is -0.462 e. The SMILES string of the molecule is COC1CCCCC1CCC[Si](C)(C)O[Si](C)(C)CC1CCCCC1OC(C)=O. The van der Waals surface area contributed by atoms with Crippen LogP contribution in [0.1, 0.15) is 71.1 Å². The smallest absolute Gasteiger partial charge is 0.302 e. The Bertz CT molecular complexity index is 509. The van der Waals surface area contributed by atoms with E-state index in [4.69, 9.17) is 13.6 Å². The Hall–Kier alpha value is -0.176. The Morgan fingerprint density at radius 3 is 2.07 bits per heavy atom. The zero-order valence-corrected chi connectivity index (χ0v) is 21.9. The van der Waals surface area contributed by atoms with Gasteiger partial charge in [0.1, 0.15) is 6.10 Å². The second kappa shape index (κ2) is 11.4. The summed E-state index contributed by atoms with van der Waals surface area (Å²) in [6.45, 7) is 11.1. The molecule has 0 saturated heterocycles. The quantitative estimate of drug-likeness (QED) is 0.285. The lowest BCUT2D eigenvalue weighted by Gasteiger charge is -2.39. The largest absolute Gasteiger partial charge is 0.462 e. The maximum absolute atomic E-state index is 11.5. The Morgan fingerprint density at radius 2 is 1.45 bits per heavy atom. The summed E-state index contributed by atoms with van der Waals surface area (Å²) >= 11 is 0. The molecule has 0 spiro atoms. The third-order valence-electron chi connectivity index (χ3n) is 6.96. The molecule has 6 heteroatoms. The summed E-state index contributed by atoms with van der Waals surface area (Å²) in [5, 5.41) is 0. The van der Waals surface area contributed by atoms with Gasteiger partial charge in [-0.1, -0.05) is 25.7 Å². The van der Waals surface area contributed by atoms with Gasteiger partial charge in [0.25, 0.3) is 0 Å². The van der Waals surface area contributed by atoms with Crippen LogP contribution in [0.15, 0.2) is 0 Å². The fourth-order valence-corrected chi connectivity index (χ4v) is 15.4.